The number of carbonyl (C=O) groups is 2. The Morgan fingerprint density at radius 3 is 2.50 bits per heavy atom. The lowest BCUT2D eigenvalue weighted by atomic mass is 10.2. The van der Waals surface area contributed by atoms with Gasteiger partial charge in [-0.2, -0.15) is 0 Å². The monoisotopic (exact) mass is 177 g/mol. The van der Waals surface area contributed by atoms with Crippen molar-refractivity contribution in [1.82, 2.24) is 0 Å². The predicted octanol–water partition coefficient (Wildman–Crippen LogP) is -1.33. The van der Waals surface area contributed by atoms with Crippen LogP contribution in [0.15, 0.2) is 0 Å². The minimum absolute atomic E-state index is 0.00810. The summed E-state index contributed by atoms with van der Waals surface area (Å²) >= 11 is 0. The number of aliphatic hydroxyl groups is 1. The third kappa shape index (κ3) is 4.64. The Balaban J connectivity index is 3.63. The zero-order chi connectivity index (χ0) is 9.56. The van der Waals surface area contributed by atoms with E-state index in [2.05, 4.69) is 4.74 Å². The molecule has 0 aliphatic heterocycles. The van der Waals surface area contributed by atoms with E-state index in [1.54, 1.807) is 0 Å². The molecule has 1 atom stereocenters. The third-order valence-corrected chi connectivity index (χ3v) is 1.18. The number of esters is 1. The molecule has 6 nitrogen and oxygen atoms in total. The van der Waals surface area contributed by atoms with Gasteiger partial charge in [0, 0.05) is 6.42 Å². The largest absolute Gasteiger partial charge is 0.481 e. The number of carbonyl (C=O) groups excluding carboxylic acids is 1. The molecule has 0 amide bonds. The number of ether oxygens (including phenoxy) is 1. The Morgan fingerprint density at radius 1 is 1.50 bits per heavy atom. The highest BCUT2D eigenvalue weighted by molar-refractivity contribution is 5.76. The number of nitrogens with two attached hydrogens (primary N) is 1. The van der Waals surface area contributed by atoms with E-state index < -0.39 is 24.8 Å². The molecule has 0 unspecified atom stereocenters. The predicted molar refractivity (Wildman–Crippen MR) is 38.0 cm³/mol. The molecule has 0 saturated heterocycles. The van der Waals surface area contributed by atoms with E-state index in [0.717, 1.165) is 0 Å². The maximum atomic E-state index is 10.7. The Morgan fingerprint density at radius 2 is 2.08 bits per heavy atom. The molecular weight excluding hydrogens is 166 g/mol. The SMILES string of the molecule is N[C@H](CCC(=O)O)C(=O)OCO. The van der Waals surface area contributed by atoms with Crippen molar-refractivity contribution in [3.05, 3.63) is 0 Å². The maximum absolute atomic E-state index is 10.7. The van der Waals surface area contributed by atoms with Crippen LogP contribution in [0.3, 0.4) is 0 Å². The van der Waals surface area contributed by atoms with Crippen molar-refractivity contribution in [2.24, 2.45) is 5.73 Å². The van der Waals surface area contributed by atoms with Gasteiger partial charge in [-0.25, -0.2) is 0 Å². The van der Waals surface area contributed by atoms with Crippen LogP contribution in [-0.4, -0.2) is 35.0 Å². The van der Waals surface area contributed by atoms with Gasteiger partial charge in [0.15, 0.2) is 6.79 Å². The highest BCUT2D eigenvalue weighted by Gasteiger charge is 2.15. The van der Waals surface area contributed by atoms with E-state index in [0.29, 0.717) is 0 Å². The van der Waals surface area contributed by atoms with Gasteiger partial charge in [0.25, 0.3) is 0 Å². The Bertz CT molecular complexity index is 169. The number of carboxylic acids is 1. The number of aliphatic carboxylic acids is 1. The summed E-state index contributed by atoms with van der Waals surface area (Å²) in [6.45, 7) is -0.737. The van der Waals surface area contributed by atoms with Crippen LogP contribution in [0.1, 0.15) is 12.8 Å². The molecule has 12 heavy (non-hydrogen) atoms. The van der Waals surface area contributed by atoms with Crippen LogP contribution in [0.5, 0.6) is 0 Å². The molecule has 0 heterocycles. The summed E-state index contributed by atoms with van der Waals surface area (Å²) in [4.78, 5) is 20.7. The summed E-state index contributed by atoms with van der Waals surface area (Å²) in [6.07, 6.45) is -0.185. The van der Waals surface area contributed by atoms with Crippen LogP contribution in [0, 0.1) is 0 Å². The van der Waals surface area contributed by atoms with Gasteiger partial charge in [0.05, 0.1) is 0 Å². The molecule has 70 valence electrons. The second kappa shape index (κ2) is 5.50. The van der Waals surface area contributed by atoms with Gasteiger partial charge in [-0.05, 0) is 6.42 Å². The Kier molecular flexibility index (Phi) is 4.98. The molecule has 0 rings (SSSR count). The average molecular weight is 177 g/mol. The number of hydrogen-bond acceptors (Lipinski definition) is 5. The molecule has 0 aliphatic rings. The van der Waals surface area contributed by atoms with Crippen molar-refractivity contribution in [2.75, 3.05) is 6.79 Å². The summed E-state index contributed by atoms with van der Waals surface area (Å²) in [5, 5.41) is 16.4. The van der Waals surface area contributed by atoms with Gasteiger partial charge >= 0.3 is 11.9 Å². The van der Waals surface area contributed by atoms with Crippen molar-refractivity contribution < 1.29 is 24.5 Å². The minimum atomic E-state index is -1.03. The third-order valence-electron chi connectivity index (χ3n) is 1.18. The van der Waals surface area contributed by atoms with Crippen molar-refractivity contribution in [3.8, 4) is 0 Å². The van der Waals surface area contributed by atoms with Crippen LogP contribution in [0.2, 0.25) is 0 Å². The zero-order valence-corrected chi connectivity index (χ0v) is 6.40. The first-order valence-corrected chi connectivity index (χ1v) is 3.32. The van der Waals surface area contributed by atoms with Crippen LogP contribution in [-0.2, 0) is 14.3 Å². The highest BCUT2D eigenvalue weighted by atomic mass is 16.6. The fourth-order valence-corrected chi connectivity index (χ4v) is 0.567. The van der Waals surface area contributed by atoms with Gasteiger partial charge in [-0.1, -0.05) is 0 Å². The molecule has 6 heteroatoms. The van der Waals surface area contributed by atoms with Crippen molar-refractivity contribution in [2.45, 2.75) is 18.9 Å². The second-order valence-electron chi connectivity index (χ2n) is 2.13. The molecule has 0 aromatic heterocycles. The van der Waals surface area contributed by atoms with E-state index in [9.17, 15) is 9.59 Å². The fraction of sp³-hybridized carbons (Fsp3) is 0.667. The quantitative estimate of drug-likeness (QED) is 0.354. The fourth-order valence-electron chi connectivity index (χ4n) is 0.567. The molecule has 0 spiro atoms. The molecule has 0 fully saturated rings. The Hall–Kier alpha value is -1.14. The first-order valence-electron chi connectivity index (χ1n) is 3.32. The normalized spacial score (nSPS) is 12.2. The smallest absolute Gasteiger partial charge is 0.325 e. The first-order chi connectivity index (χ1) is 5.57. The molecular formula is C6H11NO5. The summed E-state index contributed by atoms with van der Waals surface area (Å²) in [7, 11) is 0. The van der Waals surface area contributed by atoms with Gasteiger partial charge < -0.3 is 20.7 Å². The molecule has 0 saturated carbocycles. The number of aliphatic hydroxyl groups excluding tert-OH is 1. The van der Waals surface area contributed by atoms with Crippen LogP contribution in [0.4, 0.5) is 0 Å². The lowest BCUT2D eigenvalue weighted by molar-refractivity contribution is -0.153. The lowest BCUT2D eigenvalue weighted by Gasteiger charge is -2.07. The first kappa shape index (κ1) is 10.9. The molecule has 0 radical (unpaired) electrons. The van der Waals surface area contributed by atoms with Crippen molar-refractivity contribution >= 4 is 11.9 Å². The number of hydrogen-bond donors (Lipinski definition) is 3. The van der Waals surface area contributed by atoms with E-state index in [1.807, 2.05) is 0 Å². The van der Waals surface area contributed by atoms with E-state index in [-0.39, 0.29) is 12.8 Å². The van der Waals surface area contributed by atoms with Crippen molar-refractivity contribution in [3.63, 3.8) is 0 Å². The van der Waals surface area contributed by atoms with Crippen molar-refractivity contribution in [1.29, 1.82) is 0 Å². The van der Waals surface area contributed by atoms with Gasteiger partial charge in [-0.3, -0.25) is 9.59 Å². The standard InChI is InChI=1S/C6H11NO5/c7-4(1-2-5(9)10)6(11)12-3-8/h4,8H,1-3,7H2,(H,9,10)/t4-/m1/s1. The Labute approximate surface area is 68.9 Å². The highest BCUT2D eigenvalue weighted by Crippen LogP contribution is 1.96. The average Bonchev–Trinajstić information content (AvgIpc) is 2.00. The van der Waals surface area contributed by atoms with Gasteiger partial charge in [0.1, 0.15) is 6.04 Å². The minimum Gasteiger partial charge on any atom is -0.481 e. The summed E-state index contributed by atoms with van der Waals surface area (Å²) in [6, 6.07) is -0.978. The number of carboxylic acid groups (broad SMARTS) is 1. The van der Waals surface area contributed by atoms with E-state index >= 15 is 0 Å². The number of rotatable bonds is 5. The second-order valence-corrected chi connectivity index (χ2v) is 2.13. The molecule has 0 aliphatic carbocycles. The summed E-state index contributed by atoms with van der Waals surface area (Å²) in [5.74, 6) is -1.82. The molecule has 0 aromatic rings. The molecule has 4 N–H and O–H groups in total. The van der Waals surface area contributed by atoms with Crippen LogP contribution >= 0.6 is 0 Å². The topological polar surface area (TPSA) is 110 Å². The maximum Gasteiger partial charge on any atom is 0.325 e. The zero-order valence-electron chi connectivity index (χ0n) is 6.40. The van der Waals surface area contributed by atoms with Gasteiger partial charge in [0.2, 0.25) is 0 Å². The molecule has 0 aromatic carbocycles. The molecule has 0 bridgehead atoms. The lowest BCUT2D eigenvalue weighted by Crippen LogP contribution is -2.33. The van der Waals surface area contributed by atoms with E-state index in [1.165, 1.54) is 0 Å². The summed E-state index contributed by atoms with van der Waals surface area (Å²) < 4.78 is 4.13. The van der Waals surface area contributed by atoms with Crippen LogP contribution in [0.25, 0.3) is 0 Å². The van der Waals surface area contributed by atoms with Gasteiger partial charge in [-0.15, -0.1) is 0 Å². The summed E-state index contributed by atoms with van der Waals surface area (Å²) in [5.41, 5.74) is 5.20. The van der Waals surface area contributed by atoms with E-state index in [4.69, 9.17) is 15.9 Å². The van der Waals surface area contributed by atoms with Crippen LogP contribution < -0.4 is 5.73 Å².